The number of likely N-dealkylation sites (N-methyl/N-ethyl adjacent to an activating group) is 1. The molecule has 3 aliphatic carbocycles. The smallest absolute Gasteiger partial charge is 0.255 e. The molecule has 11 nitrogen and oxygen atoms in total. The van der Waals surface area contributed by atoms with E-state index in [0.29, 0.717) is 16.8 Å². The number of nitrogens with one attached hydrogen (secondary N) is 1. The number of rotatable bonds is 5. The van der Waals surface area contributed by atoms with Crippen LogP contribution in [0.15, 0.2) is 64.1 Å². The van der Waals surface area contributed by atoms with Crippen LogP contribution in [0.3, 0.4) is 0 Å². The van der Waals surface area contributed by atoms with Gasteiger partial charge in [-0.15, -0.1) is 0 Å². The van der Waals surface area contributed by atoms with Crippen LogP contribution >= 0.6 is 0 Å². The molecule has 4 atom stereocenters. The van der Waals surface area contributed by atoms with Gasteiger partial charge in [-0.3, -0.25) is 19.3 Å². The predicted molar refractivity (Wildman–Crippen MR) is 146 cm³/mol. The zero-order valence-corrected chi connectivity index (χ0v) is 22.2. The molecule has 2 aromatic carbocycles. The number of phenolic OH excluding ortho intramolecular Hbond substituents is 1. The Kier molecular flexibility index (Phi) is 6.51. The van der Waals surface area contributed by atoms with E-state index in [2.05, 4.69) is 10.3 Å². The van der Waals surface area contributed by atoms with Crippen LogP contribution in [0.2, 0.25) is 0 Å². The molecule has 0 heterocycles. The number of allylic oxidation sites excluding steroid dienone is 1. The second-order valence-electron chi connectivity index (χ2n) is 10.5. The van der Waals surface area contributed by atoms with Gasteiger partial charge in [0, 0.05) is 18.5 Å². The molecule has 40 heavy (non-hydrogen) atoms. The Hall–Kier alpha value is -4.48. The number of hydrogen-bond acceptors (Lipinski definition) is 9. The van der Waals surface area contributed by atoms with Gasteiger partial charge in [-0.05, 0) is 67.7 Å². The average molecular weight is 547 g/mol. The first-order valence-electron chi connectivity index (χ1n) is 12.7. The first-order chi connectivity index (χ1) is 18.9. The van der Waals surface area contributed by atoms with E-state index in [1.165, 1.54) is 11.0 Å². The van der Waals surface area contributed by atoms with E-state index >= 15 is 0 Å². The van der Waals surface area contributed by atoms with E-state index in [4.69, 9.17) is 5.73 Å². The molecule has 0 aromatic heterocycles. The van der Waals surface area contributed by atoms with Gasteiger partial charge in [0.15, 0.2) is 11.4 Å². The Labute approximate surface area is 230 Å². The predicted octanol–water partition coefficient (Wildman–Crippen LogP) is 1.67. The van der Waals surface area contributed by atoms with Crippen molar-refractivity contribution in [2.75, 3.05) is 21.1 Å². The highest BCUT2D eigenvalue weighted by Crippen LogP contribution is 2.53. The van der Waals surface area contributed by atoms with E-state index in [1.807, 2.05) is 24.3 Å². The van der Waals surface area contributed by atoms with Crippen molar-refractivity contribution in [1.29, 1.82) is 0 Å². The lowest BCUT2D eigenvalue weighted by Crippen LogP contribution is -2.63. The standard InChI is InChI=1S/C29H30N4O7/c1-31-12-32-15-6-4-13(5-7-15)16-8-9-19(34)21-17(16)10-14-11-18-23(33(2)3)25(36)22(28(30)39)27(38)29(18,40)26(37)20(14)24(21)35/h4-9,12,14,18,23,34,36-37,40H,10-11H2,1-3H3,(H2,30,39)(H,31,32)/t14-,18-,23-,29-/m1/s1. The fraction of sp³-hybridized carbons (Fsp3) is 0.310. The molecule has 0 saturated heterocycles. The van der Waals surface area contributed by atoms with Gasteiger partial charge in [0.1, 0.15) is 22.8 Å². The summed E-state index contributed by atoms with van der Waals surface area (Å²) in [7, 11) is 4.92. The van der Waals surface area contributed by atoms with Gasteiger partial charge in [-0.2, -0.15) is 0 Å². The average Bonchev–Trinajstić information content (AvgIpc) is 2.89. The minimum atomic E-state index is -2.67. The summed E-state index contributed by atoms with van der Waals surface area (Å²) in [5.41, 5.74) is 4.40. The van der Waals surface area contributed by atoms with Crippen LogP contribution in [-0.2, 0) is 16.0 Å². The molecule has 11 heteroatoms. The van der Waals surface area contributed by atoms with Crippen LogP contribution in [0.25, 0.3) is 11.1 Å². The van der Waals surface area contributed by atoms with Crippen molar-refractivity contribution >= 4 is 29.5 Å². The first-order valence-corrected chi connectivity index (χ1v) is 12.7. The molecular formula is C29H30N4O7. The van der Waals surface area contributed by atoms with E-state index in [-0.39, 0.29) is 29.7 Å². The number of nitrogens with zero attached hydrogens (tertiary/aromatic N) is 2. The number of carbonyl (C=O) groups excluding carboxylic acids is 3. The lowest BCUT2D eigenvalue weighted by atomic mass is 9.58. The van der Waals surface area contributed by atoms with Crippen molar-refractivity contribution in [1.82, 2.24) is 10.2 Å². The number of benzene rings is 2. The SMILES string of the molecule is CN/C=N\c1ccc(-c2ccc(O)c3c2C[C@@H]2C[C@@H]4[C@@H](N(C)C)C(O)=C(C(N)=O)C(=O)[C@]4(O)C(O)=C2C3=O)cc1. The maximum Gasteiger partial charge on any atom is 0.255 e. The summed E-state index contributed by atoms with van der Waals surface area (Å²) in [5, 5.41) is 47.6. The zero-order valence-electron chi connectivity index (χ0n) is 22.2. The lowest BCUT2D eigenvalue weighted by molar-refractivity contribution is -0.148. The summed E-state index contributed by atoms with van der Waals surface area (Å²) in [4.78, 5) is 45.1. The number of amides is 1. The molecule has 208 valence electrons. The van der Waals surface area contributed by atoms with Crippen LogP contribution in [0, 0.1) is 11.8 Å². The molecule has 0 radical (unpaired) electrons. The molecule has 3 aliphatic rings. The summed E-state index contributed by atoms with van der Waals surface area (Å²) in [6.07, 6.45) is 1.79. The molecule has 7 N–H and O–H groups in total. The molecular weight excluding hydrogens is 516 g/mol. The highest BCUT2D eigenvalue weighted by molar-refractivity contribution is 6.24. The number of primary amides is 1. The number of aromatic hydroxyl groups is 1. The third-order valence-electron chi connectivity index (χ3n) is 8.13. The monoisotopic (exact) mass is 546 g/mol. The maximum absolute atomic E-state index is 13.9. The fourth-order valence-corrected chi connectivity index (χ4v) is 6.39. The number of Topliss-reactive ketones (excluding diaryl/α,β-unsaturated/α-hetero) is 2. The van der Waals surface area contributed by atoms with Gasteiger partial charge in [-0.25, -0.2) is 4.99 Å². The minimum Gasteiger partial charge on any atom is -0.510 e. The number of ketones is 2. The summed E-state index contributed by atoms with van der Waals surface area (Å²) >= 11 is 0. The van der Waals surface area contributed by atoms with Crippen molar-refractivity contribution in [2.45, 2.75) is 24.5 Å². The fourth-order valence-electron chi connectivity index (χ4n) is 6.39. The lowest BCUT2D eigenvalue weighted by Gasteiger charge is -2.50. The van der Waals surface area contributed by atoms with Gasteiger partial charge in [-0.1, -0.05) is 18.2 Å². The van der Waals surface area contributed by atoms with Crippen LogP contribution < -0.4 is 11.1 Å². The van der Waals surface area contributed by atoms with Crippen molar-refractivity contribution < 1.29 is 34.8 Å². The van der Waals surface area contributed by atoms with Crippen molar-refractivity contribution in [3.63, 3.8) is 0 Å². The van der Waals surface area contributed by atoms with Gasteiger partial charge in [0.2, 0.25) is 5.78 Å². The Morgan fingerprint density at radius 3 is 2.40 bits per heavy atom. The summed E-state index contributed by atoms with van der Waals surface area (Å²) in [6, 6.07) is 9.37. The highest BCUT2D eigenvalue weighted by Gasteiger charge is 2.63. The van der Waals surface area contributed by atoms with Gasteiger partial charge < -0.3 is 31.5 Å². The number of fused-ring (bicyclic) bond motifs is 3. The van der Waals surface area contributed by atoms with Gasteiger partial charge in [0.25, 0.3) is 5.91 Å². The Morgan fingerprint density at radius 1 is 1.12 bits per heavy atom. The third kappa shape index (κ3) is 3.81. The van der Waals surface area contributed by atoms with Crippen molar-refractivity contribution in [2.24, 2.45) is 22.6 Å². The maximum atomic E-state index is 13.9. The molecule has 0 saturated carbocycles. The Morgan fingerprint density at radius 2 is 1.80 bits per heavy atom. The molecule has 1 amide bonds. The molecule has 0 spiro atoms. The molecule has 0 unspecified atom stereocenters. The number of aliphatic hydroxyl groups is 3. The van der Waals surface area contributed by atoms with E-state index < -0.39 is 58.0 Å². The van der Waals surface area contributed by atoms with Crippen LogP contribution in [0.1, 0.15) is 22.3 Å². The molecule has 5 rings (SSSR count). The van der Waals surface area contributed by atoms with Gasteiger partial charge in [0.05, 0.1) is 23.6 Å². The van der Waals surface area contributed by atoms with E-state index in [0.717, 1.165) is 5.56 Å². The normalized spacial score (nSPS) is 26.2. The van der Waals surface area contributed by atoms with Crippen LogP contribution in [-0.4, -0.2) is 81.9 Å². The number of aliphatic hydroxyl groups excluding tert-OH is 2. The molecule has 0 fully saturated rings. The minimum absolute atomic E-state index is 0.0263. The summed E-state index contributed by atoms with van der Waals surface area (Å²) in [5.74, 6) is -6.76. The van der Waals surface area contributed by atoms with Gasteiger partial charge >= 0.3 is 0 Å². The van der Waals surface area contributed by atoms with Crippen LogP contribution in [0.4, 0.5) is 5.69 Å². The molecule has 0 bridgehead atoms. The number of phenols is 1. The summed E-state index contributed by atoms with van der Waals surface area (Å²) in [6.45, 7) is 0. The zero-order chi connectivity index (χ0) is 29.1. The van der Waals surface area contributed by atoms with Crippen molar-refractivity contribution in [3.05, 3.63) is 70.2 Å². The third-order valence-corrected chi connectivity index (χ3v) is 8.13. The second kappa shape index (κ2) is 9.61. The molecule has 0 aliphatic heterocycles. The number of nitrogens with two attached hydrogens (primary N) is 1. The number of hydrogen-bond donors (Lipinski definition) is 6. The van der Waals surface area contributed by atoms with Crippen LogP contribution in [0.5, 0.6) is 5.75 Å². The number of carbonyl (C=O) groups is 3. The largest absolute Gasteiger partial charge is 0.510 e. The topological polar surface area (TPSA) is 186 Å². The van der Waals surface area contributed by atoms with E-state index in [1.54, 1.807) is 33.5 Å². The Bertz CT molecular complexity index is 1540. The summed E-state index contributed by atoms with van der Waals surface area (Å²) < 4.78 is 0. The second-order valence-corrected chi connectivity index (χ2v) is 10.5. The Balaban J connectivity index is 1.66. The van der Waals surface area contributed by atoms with E-state index in [9.17, 15) is 34.8 Å². The quantitative estimate of drug-likeness (QED) is 0.184. The highest BCUT2D eigenvalue weighted by atomic mass is 16.3. The number of aliphatic imine (C=N–C) groups is 1. The first kappa shape index (κ1) is 27.1. The van der Waals surface area contributed by atoms with Crippen molar-refractivity contribution in [3.8, 4) is 16.9 Å². The molecule has 2 aromatic rings.